The lowest BCUT2D eigenvalue weighted by atomic mass is 10.3. The monoisotopic (exact) mass is 297 g/mol. The van der Waals surface area contributed by atoms with E-state index in [1.807, 2.05) is 0 Å². The van der Waals surface area contributed by atoms with Gasteiger partial charge in [0.1, 0.15) is 5.75 Å². The van der Waals surface area contributed by atoms with Crippen LogP contribution in [0.1, 0.15) is 12.8 Å². The number of hydrogen-bond acceptors (Lipinski definition) is 5. The Bertz CT molecular complexity index is 605. The van der Waals surface area contributed by atoms with E-state index in [0.717, 1.165) is 13.1 Å². The Morgan fingerprint density at radius 1 is 1.15 bits per heavy atom. The number of anilines is 1. The molecule has 1 aliphatic carbocycles. The summed E-state index contributed by atoms with van der Waals surface area (Å²) in [6.07, 6.45) is 2.47. The Morgan fingerprint density at radius 2 is 1.80 bits per heavy atom. The Balaban J connectivity index is 1.76. The van der Waals surface area contributed by atoms with Crippen molar-refractivity contribution in [3.8, 4) is 5.75 Å². The van der Waals surface area contributed by atoms with Crippen LogP contribution < -0.4 is 5.73 Å². The van der Waals surface area contributed by atoms with Gasteiger partial charge >= 0.3 is 0 Å². The molecule has 3 N–H and O–H groups in total. The van der Waals surface area contributed by atoms with Crippen LogP contribution in [-0.4, -0.2) is 55.0 Å². The van der Waals surface area contributed by atoms with Crippen molar-refractivity contribution in [2.24, 2.45) is 0 Å². The van der Waals surface area contributed by atoms with Crippen LogP contribution in [0.4, 0.5) is 5.69 Å². The number of nitrogens with two attached hydrogens (primary N) is 1. The highest BCUT2D eigenvalue weighted by atomic mass is 32.2. The van der Waals surface area contributed by atoms with Crippen LogP contribution in [0, 0.1) is 0 Å². The summed E-state index contributed by atoms with van der Waals surface area (Å²) in [7, 11) is -3.51. The number of hydrogen-bond donors (Lipinski definition) is 2. The van der Waals surface area contributed by atoms with Crippen molar-refractivity contribution >= 4 is 15.7 Å². The van der Waals surface area contributed by atoms with E-state index in [2.05, 4.69) is 4.90 Å². The molecule has 6 nitrogen and oxygen atoms in total. The first kappa shape index (κ1) is 13.7. The van der Waals surface area contributed by atoms with Crippen LogP contribution >= 0.6 is 0 Å². The molecule has 0 aromatic heterocycles. The smallest absolute Gasteiger partial charge is 0.243 e. The molecule has 1 saturated heterocycles. The number of piperazine rings is 1. The third-order valence-corrected chi connectivity index (χ3v) is 5.87. The lowest BCUT2D eigenvalue weighted by molar-refractivity contribution is 0.180. The molecule has 1 aliphatic heterocycles. The number of phenols is 1. The summed E-state index contributed by atoms with van der Waals surface area (Å²) >= 11 is 0. The number of phenolic OH excluding ortho intramolecular Hbond substituents is 1. The van der Waals surface area contributed by atoms with Crippen LogP contribution in [-0.2, 0) is 10.0 Å². The molecule has 0 bridgehead atoms. The quantitative estimate of drug-likeness (QED) is 0.624. The molecule has 1 aromatic carbocycles. The minimum atomic E-state index is -3.51. The van der Waals surface area contributed by atoms with Gasteiger partial charge in [0, 0.05) is 32.2 Å². The van der Waals surface area contributed by atoms with Crippen molar-refractivity contribution < 1.29 is 13.5 Å². The first-order valence-electron chi connectivity index (χ1n) is 6.81. The maximum atomic E-state index is 12.5. The summed E-state index contributed by atoms with van der Waals surface area (Å²) in [6, 6.07) is 4.71. The zero-order valence-corrected chi connectivity index (χ0v) is 12.0. The lowest BCUT2D eigenvalue weighted by Gasteiger charge is -2.34. The number of nitrogen functional groups attached to an aromatic ring is 1. The maximum absolute atomic E-state index is 12.5. The van der Waals surface area contributed by atoms with E-state index in [0.29, 0.717) is 19.1 Å². The fraction of sp³-hybridized carbons (Fsp3) is 0.538. The molecular formula is C13H19N3O3S. The minimum absolute atomic E-state index is 0.0858. The second kappa shape index (κ2) is 4.91. The molecule has 0 amide bonds. The SMILES string of the molecule is Nc1cc(S(=O)(=O)N2CCN(C3CC3)CC2)ccc1O. The molecule has 7 heteroatoms. The van der Waals surface area contributed by atoms with Crippen molar-refractivity contribution in [3.63, 3.8) is 0 Å². The van der Waals surface area contributed by atoms with E-state index in [1.165, 1.54) is 35.3 Å². The van der Waals surface area contributed by atoms with Gasteiger partial charge in [-0.2, -0.15) is 4.31 Å². The fourth-order valence-electron chi connectivity index (χ4n) is 2.59. The molecule has 0 atom stereocenters. The zero-order chi connectivity index (χ0) is 14.3. The summed E-state index contributed by atoms with van der Waals surface area (Å²) < 4.78 is 26.5. The first-order chi connectivity index (χ1) is 9.48. The average Bonchev–Trinajstić information content (AvgIpc) is 3.26. The molecule has 2 aliphatic rings. The summed E-state index contributed by atoms with van der Waals surface area (Å²) in [6.45, 7) is 2.61. The first-order valence-corrected chi connectivity index (χ1v) is 8.25. The van der Waals surface area contributed by atoms with Crippen molar-refractivity contribution in [1.29, 1.82) is 0 Å². The van der Waals surface area contributed by atoms with Crippen LogP contribution in [0.25, 0.3) is 0 Å². The normalized spacial score (nSPS) is 22.0. The highest BCUT2D eigenvalue weighted by Gasteiger charge is 2.34. The van der Waals surface area contributed by atoms with E-state index in [9.17, 15) is 13.5 Å². The molecule has 110 valence electrons. The molecule has 1 heterocycles. The number of benzene rings is 1. The zero-order valence-electron chi connectivity index (χ0n) is 11.2. The summed E-state index contributed by atoms with van der Waals surface area (Å²) in [4.78, 5) is 2.50. The number of rotatable bonds is 3. The van der Waals surface area contributed by atoms with Gasteiger partial charge in [-0.1, -0.05) is 0 Å². The van der Waals surface area contributed by atoms with Gasteiger partial charge in [-0.25, -0.2) is 8.42 Å². The van der Waals surface area contributed by atoms with Crippen molar-refractivity contribution in [2.45, 2.75) is 23.8 Å². The second-order valence-corrected chi connectivity index (χ2v) is 7.33. The molecular weight excluding hydrogens is 278 g/mol. The summed E-state index contributed by atoms with van der Waals surface area (Å²) in [5.74, 6) is -0.0949. The highest BCUT2D eigenvalue weighted by Crippen LogP contribution is 2.29. The number of nitrogens with zero attached hydrogens (tertiary/aromatic N) is 2. The molecule has 3 rings (SSSR count). The Morgan fingerprint density at radius 3 is 2.35 bits per heavy atom. The van der Waals surface area contributed by atoms with Gasteiger partial charge in [-0.15, -0.1) is 0 Å². The van der Waals surface area contributed by atoms with Crippen LogP contribution in [0.5, 0.6) is 5.75 Å². The predicted octanol–water partition coefficient (Wildman–Crippen LogP) is 0.443. The number of aromatic hydroxyl groups is 1. The van der Waals surface area contributed by atoms with Gasteiger partial charge < -0.3 is 10.8 Å². The molecule has 20 heavy (non-hydrogen) atoms. The van der Waals surface area contributed by atoms with Crippen molar-refractivity contribution in [1.82, 2.24) is 9.21 Å². The third kappa shape index (κ3) is 2.48. The standard InChI is InChI=1S/C13H19N3O3S/c14-12-9-11(3-4-13(12)17)20(18,19)16-7-5-15(6-8-16)10-1-2-10/h3-4,9-10,17H,1-2,5-8,14H2. The van der Waals surface area contributed by atoms with Crippen LogP contribution in [0.15, 0.2) is 23.1 Å². The molecule has 0 radical (unpaired) electrons. The predicted molar refractivity (Wildman–Crippen MR) is 75.9 cm³/mol. The Kier molecular flexibility index (Phi) is 3.35. The maximum Gasteiger partial charge on any atom is 0.243 e. The van der Waals surface area contributed by atoms with Gasteiger partial charge in [0.25, 0.3) is 0 Å². The Hall–Kier alpha value is -1.31. The van der Waals surface area contributed by atoms with Crippen molar-refractivity contribution in [2.75, 3.05) is 31.9 Å². The minimum Gasteiger partial charge on any atom is -0.506 e. The molecule has 1 aromatic rings. The van der Waals surface area contributed by atoms with E-state index in [1.54, 1.807) is 0 Å². The Labute approximate surface area is 118 Å². The van der Waals surface area contributed by atoms with Gasteiger partial charge in [-0.3, -0.25) is 4.90 Å². The third-order valence-electron chi connectivity index (χ3n) is 3.97. The van der Waals surface area contributed by atoms with Gasteiger partial charge in [0.2, 0.25) is 10.0 Å². The molecule has 1 saturated carbocycles. The van der Waals surface area contributed by atoms with Crippen molar-refractivity contribution in [3.05, 3.63) is 18.2 Å². The van der Waals surface area contributed by atoms with Gasteiger partial charge in [0.15, 0.2) is 0 Å². The van der Waals surface area contributed by atoms with E-state index in [4.69, 9.17) is 5.73 Å². The van der Waals surface area contributed by atoms with Gasteiger partial charge in [-0.05, 0) is 31.0 Å². The van der Waals surface area contributed by atoms with E-state index >= 15 is 0 Å². The molecule has 0 unspecified atom stereocenters. The molecule has 2 fully saturated rings. The summed E-state index contributed by atoms with van der Waals surface area (Å²) in [5, 5.41) is 9.38. The molecule has 0 spiro atoms. The van der Waals surface area contributed by atoms with E-state index < -0.39 is 10.0 Å². The largest absolute Gasteiger partial charge is 0.506 e. The number of sulfonamides is 1. The topological polar surface area (TPSA) is 86.9 Å². The highest BCUT2D eigenvalue weighted by molar-refractivity contribution is 7.89. The average molecular weight is 297 g/mol. The van der Waals surface area contributed by atoms with Gasteiger partial charge in [0.05, 0.1) is 10.6 Å². The lowest BCUT2D eigenvalue weighted by Crippen LogP contribution is -2.49. The summed E-state index contributed by atoms with van der Waals surface area (Å²) in [5.41, 5.74) is 5.66. The van der Waals surface area contributed by atoms with Crippen LogP contribution in [0.3, 0.4) is 0 Å². The van der Waals surface area contributed by atoms with E-state index in [-0.39, 0.29) is 16.3 Å². The fourth-order valence-corrected chi connectivity index (χ4v) is 4.05. The van der Waals surface area contributed by atoms with Crippen LogP contribution in [0.2, 0.25) is 0 Å². The second-order valence-electron chi connectivity index (χ2n) is 5.39.